The Hall–Kier alpha value is -2.82. The second-order valence-electron chi connectivity index (χ2n) is 6.28. The number of methoxy groups -OCH3 is 1. The Kier molecular flexibility index (Phi) is 5.80. The first-order chi connectivity index (χ1) is 11.8. The van der Waals surface area contributed by atoms with Gasteiger partial charge in [-0.25, -0.2) is 4.79 Å². The van der Waals surface area contributed by atoms with Crippen LogP contribution in [0.3, 0.4) is 0 Å². The number of aryl methyl sites for hydroxylation is 2. The van der Waals surface area contributed by atoms with E-state index in [0.29, 0.717) is 17.7 Å². The molecule has 1 atom stereocenters. The first kappa shape index (κ1) is 18.5. The molecule has 0 saturated heterocycles. The molecule has 2 aromatic carbocycles. The number of carbonyl (C=O) groups excluding carboxylic acids is 2. The van der Waals surface area contributed by atoms with Crippen LogP contribution in [0.2, 0.25) is 0 Å². The second kappa shape index (κ2) is 7.83. The highest BCUT2D eigenvalue weighted by atomic mass is 16.5. The minimum absolute atomic E-state index is 0.211. The topological polar surface area (TPSA) is 72.6 Å². The third kappa shape index (κ3) is 4.59. The summed E-state index contributed by atoms with van der Waals surface area (Å²) in [5.41, 5.74) is 9.83. The smallest absolute Gasteiger partial charge is 0.328 e. The summed E-state index contributed by atoms with van der Waals surface area (Å²) in [6.45, 7) is 3.88. The monoisotopic (exact) mass is 340 g/mol. The molecule has 5 nitrogen and oxygen atoms in total. The normalized spacial score (nSPS) is 11.7. The van der Waals surface area contributed by atoms with Crippen LogP contribution in [0.25, 0.3) is 0 Å². The lowest BCUT2D eigenvalue weighted by Gasteiger charge is -2.26. The number of ether oxygens (including phenoxy) is 1. The largest absolute Gasteiger partial charge is 0.467 e. The molecule has 0 spiro atoms. The van der Waals surface area contributed by atoms with Crippen molar-refractivity contribution in [3.63, 3.8) is 0 Å². The van der Waals surface area contributed by atoms with E-state index in [4.69, 9.17) is 10.5 Å². The third-order valence-corrected chi connectivity index (χ3v) is 4.14. The maximum absolute atomic E-state index is 12.9. The highest BCUT2D eigenvalue weighted by Gasteiger charge is 2.28. The third-order valence-electron chi connectivity index (χ3n) is 4.14. The molecule has 0 bridgehead atoms. The number of anilines is 1. The van der Waals surface area contributed by atoms with Crippen LogP contribution in [0, 0.1) is 13.8 Å². The van der Waals surface area contributed by atoms with Crippen molar-refractivity contribution in [1.82, 2.24) is 4.90 Å². The summed E-state index contributed by atoms with van der Waals surface area (Å²) < 4.78 is 4.91. The predicted molar refractivity (Wildman–Crippen MR) is 98.4 cm³/mol. The number of benzene rings is 2. The molecule has 0 radical (unpaired) electrons. The zero-order valence-corrected chi connectivity index (χ0v) is 15.1. The van der Waals surface area contributed by atoms with E-state index in [2.05, 4.69) is 0 Å². The van der Waals surface area contributed by atoms with Gasteiger partial charge in [0.05, 0.1) is 7.11 Å². The summed E-state index contributed by atoms with van der Waals surface area (Å²) in [6, 6.07) is 12.2. The molecule has 2 N–H and O–H groups in total. The van der Waals surface area contributed by atoms with Crippen molar-refractivity contribution in [2.75, 3.05) is 19.9 Å². The highest BCUT2D eigenvalue weighted by Crippen LogP contribution is 2.16. The van der Waals surface area contributed by atoms with Crippen LogP contribution in [-0.4, -0.2) is 37.0 Å². The number of carbonyl (C=O) groups is 2. The van der Waals surface area contributed by atoms with E-state index in [1.165, 1.54) is 12.0 Å². The van der Waals surface area contributed by atoms with Crippen molar-refractivity contribution < 1.29 is 14.3 Å². The SMILES string of the molecule is COC(=O)[C@@H](Cc1ccc(N)cc1)N(C)C(=O)c1cc(C)cc(C)c1. The Morgan fingerprint density at radius 3 is 2.16 bits per heavy atom. The van der Waals surface area contributed by atoms with Crippen molar-refractivity contribution >= 4 is 17.6 Å². The fourth-order valence-electron chi connectivity index (χ4n) is 2.83. The lowest BCUT2D eigenvalue weighted by Crippen LogP contribution is -2.44. The minimum Gasteiger partial charge on any atom is -0.467 e. The lowest BCUT2D eigenvalue weighted by molar-refractivity contribution is -0.145. The number of hydrogen-bond donors (Lipinski definition) is 1. The quantitative estimate of drug-likeness (QED) is 0.671. The van der Waals surface area contributed by atoms with Crippen LogP contribution in [0.5, 0.6) is 0 Å². The van der Waals surface area contributed by atoms with Crippen LogP contribution in [-0.2, 0) is 16.0 Å². The van der Waals surface area contributed by atoms with Crippen LogP contribution in [0.4, 0.5) is 5.69 Å². The number of amides is 1. The van der Waals surface area contributed by atoms with Crippen molar-refractivity contribution in [3.05, 3.63) is 64.7 Å². The minimum atomic E-state index is -0.707. The number of rotatable bonds is 5. The second-order valence-corrected chi connectivity index (χ2v) is 6.28. The summed E-state index contributed by atoms with van der Waals surface area (Å²) >= 11 is 0. The molecule has 1 amide bonds. The number of likely N-dealkylation sites (N-methyl/N-ethyl adjacent to an activating group) is 1. The zero-order valence-electron chi connectivity index (χ0n) is 15.1. The number of nitrogens with two attached hydrogens (primary N) is 1. The molecular weight excluding hydrogens is 316 g/mol. The van der Waals surface area contributed by atoms with E-state index >= 15 is 0 Å². The van der Waals surface area contributed by atoms with Gasteiger partial charge in [0.2, 0.25) is 0 Å². The van der Waals surface area contributed by atoms with Crippen LogP contribution in [0.15, 0.2) is 42.5 Å². The standard InChI is InChI=1S/C20H24N2O3/c1-13-9-14(2)11-16(10-13)19(23)22(3)18(20(24)25-4)12-15-5-7-17(21)8-6-15/h5-11,18H,12,21H2,1-4H3/t18-/m1/s1. The summed E-state index contributed by atoms with van der Waals surface area (Å²) in [4.78, 5) is 26.5. The summed E-state index contributed by atoms with van der Waals surface area (Å²) in [5, 5.41) is 0. The number of esters is 1. The Morgan fingerprint density at radius 2 is 1.64 bits per heavy atom. The maximum Gasteiger partial charge on any atom is 0.328 e. The van der Waals surface area contributed by atoms with Gasteiger partial charge in [-0.2, -0.15) is 0 Å². The van der Waals surface area contributed by atoms with E-state index < -0.39 is 12.0 Å². The molecule has 0 aromatic heterocycles. The van der Waals surface area contributed by atoms with E-state index in [-0.39, 0.29) is 5.91 Å². The van der Waals surface area contributed by atoms with Gasteiger partial charge in [-0.15, -0.1) is 0 Å². The van der Waals surface area contributed by atoms with Crippen LogP contribution < -0.4 is 5.73 Å². The first-order valence-electron chi connectivity index (χ1n) is 8.09. The van der Waals surface area contributed by atoms with Crippen molar-refractivity contribution in [3.8, 4) is 0 Å². The maximum atomic E-state index is 12.9. The van der Waals surface area contributed by atoms with Gasteiger partial charge in [-0.05, 0) is 43.7 Å². The molecule has 0 saturated carbocycles. The van der Waals surface area contributed by atoms with Crippen molar-refractivity contribution in [1.29, 1.82) is 0 Å². The molecule has 0 heterocycles. The van der Waals surface area contributed by atoms with E-state index in [1.54, 1.807) is 19.2 Å². The lowest BCUT2D eigenvalue weighted by atomic mass is 10.0. The van der Waals surface area contributed by atoms with Gasteiger partial charge in [0, 0.05) is 24.7 Å². The zero-order chi connectivity index (χ0) is 18.6. The molecule has 0 aliphatic heterocycles. The van der Waals surface area contributed by atoms with Gasteiger partial charge in [0.1, 0.15) is 6.04 Å². The predicted octanol–water partition coefficient (Wildman–Crippen LogP) is 2.74. The van der Waals surface area contributed by atoms with E-state index in [1.807, 2.05) is 44.2 Å². The molecular formula is C20H24N2O3. The number of nitrogen functional groups attached to an aromatic ring is 1. The van der Waals surface area contributed by atoms with Gasteiger partial charge in [-0.1, -0.05) is 29.3 Å². The average Bonchev–Trinajstić information content (AvgIpc) is 2.58. The summed E-state index contributed by atoms with van der Waals surface area (Å²) in [7, 11) is 2.95. The fourth-order valence-corrected chi connectivity index (χ4v) is 2.83. The summed E-state index contributed by atoms with van der Waals surface area (Å²) in [6.07, 6.45) is 0.361. The van der Waals surface area contributed by atoms with E-state index in [0.717, 1.165) is 16.7 Å². The molecule has 0 aliphatic carbocycles. The molecule has 0 unspecified atom stereocenters. The Labute approximate surface area is 148 Å². The van der Waals surface area contributed by atoms with Crippen LogP contribution in [0.1, 0.15) is 27.0 Å². The van der Waals surface area contributed by atoms with Gasteiger partial charge >= 0.3 is 5.97 Å². The highest BCUT2D eigenvalue weighted by molar-refractivity contribution is 5.97. The van der Waals surface area contributed by atoms with Crippen molar-refractivity contribution in [2.24, 2.45) is 0 Å². The first-order valence-corrected chi connectivity index (χ1v) is 8.09. The van der Waals surface area contributed by atoms with E-state index in [9.17, 15) is 9.59 Å². The molecule has 2 aromatic rings. The van der Waals surface area contributed by atoms with Gasteiger partial charge < -0.3 is 15.4 Å². The van der Waals surface area contributed by atoms with Gasteiger partial charge in [0.15, 0.2) is 0 Å². The van der Waals surface area contributed by atoms with Crippen LogP contribution >= 0.6 is 0 Å². The Bertz CT molecular complexity index is 749. The molecule has 25 heavy (non-hydrogen) atoms. The fraction of sp³-hybridized carbons (Fsp3) is 0.300. The average molecular weight is 340 g/mol. The Morgan fingerprint density at radius 1 is 1.08 bits per heavy atom. The van der Waals surface area contributed by atoms with Crippen molar-refractivity contribution in [2.45, 2.75) is 26.3 Å². The number of nitrogens with zero attached hydrogens (tertiary/aromatic N) is 1. The Balaban J connectivity index is 2.28. The molecule has 2 rings (SSSR count). The molecule has 5 heteroatoms. The van der Waals surface area contributed by atoms with Gasteiger partial charge in [-0.3, -0.25) is 4.79 Å². The van der Waals surface area contributed by atoms with Gasteiger partial charge in [0.25, 0.3) is 5.91 Å². The molecule has 132 valence electrons. The molecule has 0 fully saturated rings. The summed E-state index contributed by atoms with van der Waals surface area (Å²) in [5.74, 6) is -0.658. The molecule has 0 aliphatic rings. The number of hydrogen-bond acceptors (Lipinski definition) is 4.